The van der Waals surface area contributed by atoms with Crippen LogP contribution in [-0.2, 0) is 0 Å². The number of aromatic nitrogens is 2. The number of carboxylic acids is 1. The number of aromatic carboxylic acids is 1. The number of carbonyl (C=O) groups is 1. The second kappa shape index (κ2) is 5.31. The Hall–Kier alpha value is -3.03. The average molecular weight is 275 g/mol. The SMILES string of the molecule is Cc1ccc(Oc2ncc(C(=O)O)cn2)c([N+](=O)[O-])c1. The van der Waals surface area contributed by atoms with Gasteiger partial charge in [-0.3, -0.25) is 10.1 Å². The zero-order chi connectivity index (χ0) is 14.7. The van der Waals surface area contributed by atoms with E-state index in [1.165, 1.54) is 12.1 Å². The van der Waals surface area contributed by atoms with Gasteiger partial charge < -0.3 is 9.84 Å². The summed E-state index contributed by atoms with van der Waals surface area (Å²) in [4.78, 5) is 28.3. The fourth-order valence-corrected chi connectivity index (χ4v) is 1.43. The quantitative estimate of drug-likeness (QED) is 0.671. The summed E-state index contributed by atoms with van der Waals surface area (Å²) in [5.41, 5.74) is 0.401. The van der Waals surface area contributed by atoms with Crippen molar-refractivity contribution in [2.24, 2.45) is 0 Å². The van der Waals surface area contributed by atoms with Crippen LogP contribution in [0.3, 0.4) is 0 Å². The molecule has 102 valence electrons. The highest BCUT2D eigenvalue weighted by atomic mass is 16.6. The number of ether oxygens (including phenoxy) is 1. The number of nitrogens with zero attached hydrogens (tertiary/aromatic N) is 3. The minimum atomic E-state index is -1.17. The second-order valence-corrected chi connectivity index (χ2v) is 3.89. The molecule has 8 heteroatoms. The molecule has 0 radical (unpaired) electrons. The number of rotatable bonds is 4. The van der Waals surface area contributed by atoms with Crippen LogP contribution in [0.2, 0.25) is 0 Å². The largest absolute Gasteiger partial charge is 0.478 e. The van der Waals surface area contributed by atoms with E-state index in [4.69, 9.17) is 9.84 Å². The van der Waals surface area contributed by atoms with Crippen LogP contribution in [0.25, 0.3) is 0 Å². The molecule has 1 N–H and O–H groups in total. The first-order valence-corrected chi connectivity index (χ1v) is 5.45. The Kier molecular flexibility index (Phi) is 3.56. The molecule has 0 fully saturated rings. The molecule has 0 saturated heterocycles. The molecule has 0 amide bonds. The predicted molar refractivity (Wildman–Crippen MR) is 66.9 cm³/mol. The van der Waals surface area contributed by atoms with E-state index in [1.54, 1.807) is 13.0 Å². The van der Waals surface area contributed by atoms with E-state index in [0.29, 0.717) is 5.56 Å². The fraction of sp³-hybridized carbons (Fsp3) is 0.0833. The van der Waals surface area contributed by atoms with Crippen molar-refractivity contribution in [3.05, 3.63) is 51.8 Å². The first-order valence-electron chi connectivity index (χ1n) is 5.45. The van der Waals surface area contributed by atoms with Crippen LogP contribution in [0, 0.1) is 17.0 Å². The molecular weight excluding hydrogens is 266 g/mol. The second-order valence-electron chi connectivity index (χ2n) is 3.89. The van der Waals surface area contributed by atoms with Gasteiger partial charge in [-0.05, 0) is 18.6 Å². The standard InChI is InChI=1S/C12H9N3O5/c1-7-2-3-10(9(4-7)15(18)19)20-12-13-5-8(6-14-12)11(16)17/h2-6H,1H3,(H,16,17). The zero-order valence-electron chi connectivity index (χ0n) is 10.3. The van der Waals surface area contributed by atoms with E-state index in [1.807, 2.05) is 0 Å². The summed E-state index contributed by atoms with van der Waals surface area (Å²) in [5.74, 6) is -1.18. The first kappa shape index (κ1) is 13.4. The molecule has 0 aliphatic rings. The molecule has 1 heterocycles. The maximum atomic E-state index is 10.9. The van der Waals surface area contributed by atoms with Gasteiger partial charge in [0.15, 0.2) is 0 Å². The monoisotopic (exact) mass is 275 g/mol. The highest BCUT2D eigenvalue weighted by Crippen LogP contribution is 2.30. The smallest absolute Gasteiger partial charge is 0.338 e. The van der Waals surface area contributed by atoms with Crippen molar-refractivity contribution in [3.8, 4) is 11.8 Å². The summed E-state index contributed by atoms with van der Waals surface area (Å²) in [6.45, 7) is 1.72. The Balaban J connectivity index is 2.30. The molecule has 0 spiro atoms. The fourth-order valence-electron chi connectivity index (χ4n) is 1.43. The molecule has 0 unspecified atom stereocenters. The van der Waals surface area contributed by atoms with Crippen molar-refractivity contribution in [2.45, 2.75) is 6.92 Å². The number of nitro groups is 1. The van der Waals surface area contributed by atoms with Crippen LogP contribution >= 0.6 is 0 Å². The Bertz CT molecular complexity index is 669. The maximum Gasteiger partial charge on any atom is 0.338 e. The van der Waals surface area contributed by atoms with Gasteiger partial charge in [0, 0.05) is 18.5 Å². The third-order valence-electron chi connectivity index (χ3n) is 2.39. The first-order chi connectivity index (χ1) is 9.47. The van der Waals surface area contributed by atoms with Crippen molar-refractivity contribution in [1.29, 1.82) is 0 Å². The predicted octanol–water partition coefficient (Wildman–Crippen LogP) is 2.18. The third kappa shape index (κ3) is 2.86. The van der Waals surface area contributed by atoms with Gasteiger partial charge in [0.05, 0.1) is 10.5 Å². The van der Waals surface area contributed by atoms with Crippen molar-refractivity contribution in [3.63, 3.8) is 0 Å². The minimum Gasteiger partial charge on any atom is -0.478 e. The van der Waals surface area contributed by atoms with E-state index in [9.17, 15) is 14.9 Å². The van der Waals surface area contributed by atoms with Gasteiger partial charge in [-0.1, -0.05) is 6.07 Å². The number of hydrogen-bond donors (Lipinski definition) is 1. The molecule has 1 aromatic carbocycles. The van der Waals surface area contributed by atoms with E-state index in [2.05, 4.69) is 9.97 Å². The van der Waals surface area contributed by atoms with Crippen LogP contribution in [0.5, 0.6) is 11.8 Å². The highest BCUT2D eigenvalue weighted by molar-refractivity contribution is 5.86. The average Bonchev–Trinajstić information content (AvgIpc) is 2.41. The summed E-state index contributed by atoms with van der Waals surface area (Å²) in [6.07, 6.45) is 2.12. The van der Waals surface area contributed by atoms with Crippen molar-refractivity contribution < 1.29 is 19.6 Å². The van der Waals surface area contributed by atoms with E-state index in [0.717, 1.165) is 12.4 Å². The van der Waals surface area contributed by atoms with Crippen molar-refractivity contribution in [2.75, 3.05) is 0 Å². The Morgan fingerprint density at radius 2 is 2.00 bits per heavy atom. The van der Waals surface area contributed by atoms with Gasteiger partial charge in [0.25, 0.3) is 0 Å². The highest BCUT2D eigenvalue weighted by Gasteiger charge is 2.17. The molecular formula is C12H9N3O5. The maximum absolute atomic E-state index is 10.9. The summed E-state index contributed by atoms with van der Waals surface area (Å²) in [7, 11) is 0. The molecule has 2 aromatic rings. The number of nitro benzene ring substituents is 1. The summed E-state index contributed by atoms with van der Waals surface area (Å²) in [6, 6.07) is 4.28. The van der Waals surface area contributed by atoms with E-state index < -0.39 is 10.9 Å². The molecule has 8 nitrogen and oxygen atoms in total. The number of carboxylic acid groups (broad SMARTS) is 1. The summed E-state index contributed by atoms with van der Waals surface area (Å²) >= 11 is 0. The van der Waals surface area contributed by atoms with Crippen molar-refractivity contribution in [1.82, 2.24) is 9.97 Å². The molecule has 0 saturated carbocycles. The number of benzene rings is 1. The van der Waals surface area contributed by atoms with E-state index in [-0.39, 0.29) is 23.0 Å². The topological polar surface area (TPSA) is 115 Å². The molecule has 2 rings (SSSR count). The van der Waals surface area contributed by atoms with Crippen LogP contribution in [0.4, 0.5) is 5.69 Å². The Morgan fingerprint density at radius 3 is 2.55 bits per heavy atom. The van der Waals surface area contributed by atoms with Crippen molar-refractivity contribution >= 4 is 11.7 Å². The van der Waals surface area contributed by atoms with Crippen LogP contribution < -0.4 is 4.74 Å². The minimum absolute atomic E-state index is 0.0105. The normalized spacial score (nSPS) is 10.1. The van der Waals surface area contributed by atoms with Gasteiger partial charge >= 0.3 is 17.7 Å². The van der Waals surface area contributed by atoms with Gasteiger partial charge in [-0.25, -0.2) is 14.8 Å². The number of hydrogen-bond acceptors (Lipinski definition) is 6. The number of aryl methyl sites for hydroxylation is 1. The lowest BCUT2D eigenvalue weighted by Crippen LogP contribution is -2.01. The van der Waals surface area contributed by atoms with Gasteiger partial charge in [-0.15, -0.1) is 0 Å². The van der Waals surface area contributed by atoms with Gasteiger partial charge in [0.1, 0.15) is 0 Å². The molecule has 0 aliphatic carbocycles. The Labute approximate surface area is 112 Å². The summed E-state index contributed by atoms with van der Waals surface area (Å²) < 4.78 is 5.20. The third-order valence-corrected chi connectivity index (χ3v) is 2.39. The lowest BCUT2D eigenvalue weighted by Gasteiger charge is -2.05. The van der Waals surface area contributed by atoms with Gasteiger partial charge in [-0.2, -0.15) is 0 Å². The Morgan fingerprint density at radius 1 is 1.35 bits per heavy atom. The molecule has 0 bridgehead atoms. The molecule has 20 heavy (non-hydrogen) atoms. The lowest BCUT2D eigenvalue weighted by molar-refractivity contribution is -0.385. The lowest BCUT2D eigenvalue weighted by atomic mass is 10.2. The summed E-state index contributed by atoms with van der Waals surface area (Å²) in [5, 5.41) is 19.6. The van der Waals surface area contributed by atoms with E-state index >= 15 is 0 Å². The van der Waals surface area contributed by atoms with Crippen LogP contribution in [-0.4, -0.2) is 26.0 Å². The molecule has 1 aromatic heterocycles. The molecule has 0 atom stereocenters. The zero-order valence-corrected chi connectivity index (χ0v) is 10.3. The van der Waals surface area contributed by atoms with Gasteiger partial charge in [0.2, 0.25) is 5.75 Å². The van der Waals surface area contributed by atoms with Crippen LogP contribution in [0.1, 0.15) is 15.9 Å². The molecule has 0 aliphatic heterocycles. The van der Waals surface area contributed by atoms with Crippen LogP contribution in [0.15, 0.2) is 30.6 Å².